The molecule has 0 unspecified atom stereocenters. The Bertz CT molecular complexity index is 522. The van der Waals surface area contributed by atoms with Gasteiger partial charge in [-0.05, 0) is 19.1 Å². The molecule has 0 saturated carbocycles. The van der Waals surface area contributed by atoms with Crippen LogP contribution in [0.2, 0.25) is 0 Å². The normalized spacial score (nSPS) is 10.9. The highest BCUT2D eigenvalue weighted by Crippen LogP contribution is 2.04. The summed E-state index contributed by atoms with van der Waals surface area (Å²) in [6.45, 7) is 3.20. The van der Waals surface area contributed by atoms with Gasteiger partial charge in [0.2, 0.25) is 0 Å². The fraction of sp³-hybridized carbons (Fsp3) is 0.250. The number of para-hydroxylation sites is 1. The number of nitrogens with one attached hydrogen (secondary N) is 1. The van der Waals surface area contributed by atoms with Gasteiger partial charge in [0.05, 0.1) is 0 Å². The smallest absolute Gasteiger partial charge is 0.193 e. The molecule has 0 atom stereocenters. The molecule has 0 amide bonds. The molecular weight excluding hydrogens is 355 g/mol. The zero-order chi connectivity index (χ0) is 12.8. The van der Waals surface area contributed by atoms with Crippen molar-refractivity contribution in [3.63, 3.8) is 0 Å². The molecule has 7 heteroatoms. The maximum atomic E-state index is 5.80. The second kappa shape index (κ2) is 7.72. The Kier molecular flexibility index (Phi) is 6.26. The Morgan fingerprint density at radius 2 is 2.11 bits per heavy atom. The number of nitrogens with two attached hydrogens (primary N) is 1. The first-order chi connectivity index (χ1) is 8.79. The maximum absolute atomic E-state index is 5.80. The van der Waals surface area contributed by atoms with Gasteiger partial charge in [0, 0.05) is 12.2 Å². The molecule has 0 saturated heterocycles. The van der Waals surface area contributed by atoms with Gasteiger partial charge in [-0.3, -0.25) is 0 Å². The first-order valence-corrected chi connectivity index (χ1v) is 5.78. The fourth-order valence-electron chi connectivity index (χ4n) is 1.54. The van der Waals surface area contributed by atoms with Crippen molar-refractivity contribution in [2.45, 2.75) is 20.0 Å². The minimum atomic E-state index is 0. The van der Waals surface area contributed by atoms with Crippen molar-refractivity contribution in [1.29, 1.82) is 0 Å². The lowest BCUT2D eigenvalue weighted by Crippen LogP contribution is -2.22. The third kappa shape index (κ3) is 4.51. The van der Waals surface area contributed by atoms with E-state index in [1.54, 1.807) is 4.68 Å². The molecule has 2 aromatic rings. The fourth-order valence-corrected chi connectivity index (χ4v) is 1.54. The Labute approximate surface area is 129 Å². The minimum absolute atomic E-state index is 0. The number of hydrogen-bond donors (Lipinski definition) is 2. The molecule has 102 valence electrons. The van der Waals surface area contributed by atoms with Crippen molar-refractivity contribution >= 4 is 35.6 Å². The zero-order valence-corrected chi connectivity index (χ0v) is 13.0. The van der Waals surface area contributed by atoms with Crippen molar-refractivity contribution in [1.82, 2.24) is 14.8 Å². The number of guanidine groups is 1. The van der Waals surface area contributed by atoms with Gasteiger partial charge in [-0.25, -0.2) is 14.7 Å². The molecule has 1 heterocycles. The minimum Gasteiger partial charge on any atom is -0.370 e. The molecule has 19 heavy (non-hydrogen) atoms. The Morgan fingerprint density at radius 3 is 2.79 bits per heavy atom. The van der Waals surface area contributed by atoms with Crippen molar-refractivity contribution < 1.29 is 0 Å². The average molecular weight is 372 g/mol. The van der Waals surface area contributed by atoms with Crippen LogP contribution in [0.4, 0.5) is 5.69 Å². The Balaban J connectivity index is 0.00000180. The number of benzene rings is 1. The van der Waals surface area contributed by atoms with Gasteiger partial charge >= 0.3 is 0 Å². The van der Waals surface area contributed by atoms with Crippen LogP contribution in [0, 0.1) is 0 Å². The van der Waals surface area contributed by atoms with E-state index in [2.05, 4.69) is 20.4 Å². The van der Waals surface area contributed by atoms with E-state index in [4.69, 9.17) is 5.73 Å². The molecule has 0 spiro atoms. The zero-order valence-electron chi connectivity index (χ0n) is 10.7. The van der Waals surface area contributed by atoms with Crippen molar-refractivity contribution in [2.75, 3.05) is 5.32 Å². The molecule has 0 aliphatic rings. The van der Waals surface area contributed by atoms with Crippen LogP contribution in [-0.4, -0.2) is 20.7 Å². The van der Waals surface area contributed by atoms with Gasteiger partial charge < -0.3 is 11.1 Å². The molecule has 1 aromatic carbocycles. The van der Waals surface area contributed by atoms with E-state index >= 15 is 0 Å². The largest absolute Gasteiger partial charge is 0.370 e. The number of nitrogens with zero attached hydrogens (tertiary/aromatic N) is 4. The number of halogens is 1. The van der Waals surface area contributed by atoms with Crippen LogP contribution in [0.15, 0.2) is 41.7 Å². The highest BCUT2D eigenvalue weighted by molar-refractivity contribution is 14.0. The van der Waals surface area contributed by atoms with E-state index in [0.29, 0.717) is 12.5 Å². The summed E-state index contributed by atoms with van der Waals surface area (Å²) in [4.78, 5) is 8.36. The van der Waals surface area contributed by atoms with E-state index in [-0.39, 0.29) is 24.0 Å². The summed E-state index contributed by atoms with van der Waals surface area (Å²) in [5.41, 5.74) is 6.71. The van der Waals surface area contributed by atoms with Crippen LogP contribution in [0.1, 0.15) is 12.7 Å². The van der Waals surface area contributed by atoms with E-state index in [0.717, 1.165) is 18.1 Å². The summed E-state index contributed by atoms with van der Waals surface area (Å²) < 4.78 is 1.79. The van der Waals surface area contributed by atoms with E-state index in [1.165, 1.54) is 6.33 Å². The number of rotatable bonds is 4. The monoisotopic (exact) mass is 372 g/mol. The molecule has 6 nitrogen and oxygen atoms in total. The third-order valence-electron chi connectivity index (χ3n) is 2.43. The molecule has 2 rings (SSSR count). The second-order valence-electron chi connectivity index (χ2n) is 3.68. The summed E-state index contributed by atoms with van der Waals surface area (Å²) in [6, 6.07) is 9.67. The van der Waals surface area contributed by atoms with Crippen molar-refractivity contribution in [3.8, 4) is 0 Å². The molecule has 0 aliphatic carbocycles. The SMILES string of the molecule is CCn1ncnc1CN=C(N)Nc1ccccc1.I. The predicted octanol–water partition coefficient (Wildman–Crippen LogP) is 1.84. The standard InChI is InChI=1S/C12H16N6.HI/c1-2-18-11(15-9-16-18)8-14-12(13)17-10-6-4-3-5-7-10;/h3-7,9H,2,8H2,1H3,(H3,13,14,17);1H. The van der Waals surface area contributed by atoms with Gasteiger partial charge in [0.15, 0.2) is 5.96 Å². The Morgan fingerprint density at radius 1 is 1.37 bits per heavy atom. The van der Waals surface area contributed by atoms with Gasteiger partial charge in [-0.15, -0.1) is 24.0 Å². The summed E-state index contributed by atoms with van der Waals surface area (Å²) in [5.74, 6) is 1.17. The highest BCUT2D eigenvalue weighted by Gasteiger charge is 2.01. The number of aryl methyl sites for hydroxylation is 1. The highest BCUT2D eigenvalue weighted by atomic mass is 127. The number of hydrogen-bond acceptors (Lipinski definition) is 3. The first-order valence-electron chi connectivity index (χ1n) is 5.78. The van der Waals surface area contributed by atoms with Crippen LogP contribution in [-0.2, 0) is 13.1 Å². The van der Waals surface area contributed by atoms with Crippen LogP contribution >= 0.6 is 24.0 Å². The maximum Gasteiger partial charge on any atom is 0.193 e. The predicted molar refractivity (Wildman–Crippen MR) is 86.5 cm³/mol. The van der Waals surface area contributed by atoms with Gasteiger partial charge in [0.1, 0.15) is 18.7 Å². The average Bonchev–Trinajstić information content (AvgIpc) is 2.85. The third-order valence-corrected chi connectivity index (χ3v) is 2.43. The first kappa shape index (κ1) is 15.4. The lowest BCUT2D eigenvalue weighted by molar-refractivity contribution is 0.616. The molecular formula is C12H17IN6. The van der Waals surface area contributed by atoms with Gasteiger partial charge in [0.25, 0.3) is 0 Å². The number of aromatic nitrogens is 3. The van der Waals surface area contributed by atoms with Gasteiger partial charge in [-0.2, -0.15) is 5.10 Å². The topological polar surface area (TPSA) is 81.1 Å². The molecule has 0 fully saturated rings. The second-order valence-corrected chi connectivity index (χ2v) is 3.68. The molecule has 1 aromatic heterocycles. The molecule has 0 aliphatic heterocycles. The summed E-state index contributed by atoms with van der Waals surface area (Å²) >= 11 is 0. The Hall–Kier alpha value is -1.64. The lowest BCUT2D eigenvalue weighted by atomic mass is 10.3. The van der Waals surface area contributed by atoms with Crippen LogP contribution in [0.3, 0.4) is 0 Å². The molecule has 0 bridgehead atoms. The van der Waals surface area contributed by atoms with Crippen molar-refractivity contribution in [3.05, 3.63) is 42.5 Å². The summed E-state index contributed by atoms with van der Waals surface area (Å²) in [5, 5.41) is 7.08. The van der Waals surface area contributed by atoms with Crippen LogP contribution < -0.4 is 11.1 Å². The number of aliphatic imine (C=N–C) groups is 1. The lowest BCUT2D eigenvalue weighted by Gasteiger charge is -2.05. The summed E-state index contributed by atoms with van der Waals surface area (Å²) in [6.07, 6.45) is 1.52. The molecule has 0 radical (unpaired) electrons. The summed E-state index contributed by atoms with van der Waals surface area (Å²) in [7, 11) is 0. The quantitative estimate of drug-likeness (QED) is 0.488. The van der Waals surface area contributed by atoms with Crippen LogP contribution in [0.5, 0.6) is 0 Å². The van der Waals surface area contributed by atoms with E-state index in [9.17, 15) is 0 Å². The van der Waals surface area contributed by atoms with E-state index < -0.39 is 0 Å². The van der Waals surface area contributed by atoms with Gasteiger partial charge in [-0.1, -0.05) is 18.2 Å². The van der Waals surface area contributed by atoms with E-state index in [1.807, 2.05) is 37.3 Å². The van der Waals surface area contributed by atoms with Crippen LogP contribution in [0.25, 0.3) is 0 Å². The number of anilines is 1. The molecule has 3 N–H and O–H groups in total. The van der Waals surface area contributed by atoms with Crippen molar-refractivity contribution in [2.24, 2.45) is 10.7 Å².